The van der Waals surface area contributed by atoms with Crippen LogP contribution in [0.15, 0.2) is 24.3 Å². The van der Waals surface area contributed by atoms with Gasteiger partial charge in [-0.2, -0.15) is 0 Å². The Kier molecular flexibility index (Phi) is 4.25. The molecule has 3 saturated heterocycles. The number of aliphatic hydroxyl groups excluding tert-OH is 1. The van der Waals surface area contributed by atoms with Gasteiger partial charge in [0.25, 0.3) is 0 Å². The molecule has 0 aromatic heterocycles. The van der Waals surface area contributed by atoms with E-state index in [-0.39, 0.29) is 23.6 Å². The molecule has 1 aromatic carbocycles. The van der Waals surface area contributed by atoms with Crippen LogP contribution in [0.3, 0.4) is 0 Å². The molecule has 0 bridgehead atoms. The van der Waals surface area contributed by atoms with Crippen molar-refractivity contribution in [2.24, 2.45) is 0 Å². The quantitative estimate of drug-likeness (QED) is 0.804. The van der Waals surface area contributed by atoms with E-state index in [2.05, 4.69) is 9.80 Å². The number of aromatic carboxylic acids is 1. The monoisotopic (exact) mass is 359 g/mol. The molecule has 4 rings (SSSR count). The van der Waals surface area contributed by atoms with Crippen LogP contribution in [-0.2, 0) is 11.3 Å². The highest BCUT2D eigenvalue weighted by Gasteiger charge is 2.56. The molecule has 0 saturated carbocycles. The molecule has 3 fully saturated rings. The lowest BCUT2D eigenvalue weighted by molar-refractivity contribution is -0.149. The summed E-state index contributed by atoms with van der Waals surface area (Å²) in [6.07, 6.45) is 0.414. The second-order valence-electron chi connectivity index (χ2n) is 7.97. The van der Waals surface area contributed by atoms with E-state index < -0.39 is 5.97 Å². The predicted octanol–water partition coefficient (Wildman–Crippen LogP) is 0.237. The minimum Gasteiger partial charge on any atom is -0.478 e. The molecule has 1 amide bonds. The zero-order valence-corrected chi connectivity index (χ0v) is 15.0. The number of carboxylic acid groups (broad SMARTS) is 1. The zero-order valence-electron chi connectivity index (χ0n) is 15.0. The van der Waals surface area contributed by atoms with Crippen molar-refractivity contribution >= 4 is 11.9 Å². The van der Waals surface area contributed by atoms with Gasteiger partial charge in [-0.1, -0.05) is 12.1 Å². The highest BCUT2D eigenvalue weighted by atomic mass is 16.4. The molecule has 3 aliphatic heterocycles. The molecule has 2 atom stereocenters. The van der Waals surface area contributed by atoms with Gasteiger partial charge in [-0.15, -0.1) is 0 Å². The standard InChI is InChI=1S/C19H25N3O4/c1-13(23)21-8-16-6-17(24)9-22(16)19(12-21)10-20(11-19)7-14-3-2-4-15(5-14)18(25)26/h2-5,16-17,24H,6-12H2,1H3,(H,25,26)/t16-,17-/m1/s1. The Morgan fingerprint density at radius 1 is 1.23 bits per heavy atom. The molecule has 0 aliphatic carbocycles. The fourth-order valence-electron chi connectivity index (χ4n) is 4.89. The van der Waals surface area contributed by atoms with Crippen LogP contribution >= 0.6 is 0 Å². The van der Waals surface area contributed by atoms with Crippen molar-refractivity contribution < 1.29 is 19.8 Å². The third-order valence-electron chi connectivity index (χ3n) is 5.98. The first-order valence-corrected chi connectivity index (χ1v) is 9.11. The predicted molar refractivity (Wildman–Crippen MR) is 94.8 cm³/mol. The van der Waals surface area contributed by atoms with Gasteiger partial charge in [-0.25, -0.2) is 4.79 Å². The van der Waals surface area contributed by atoms with E-state index in [1.165, 1.54) is 0 Å². The third-order valence-corrected chi connectivity index (χ3v) is 5.98. The summed E-state index contributed by atoms with van der Waals surface area (Å²) in [5.74, 6) is -0.816. The van der Waals surface area contributed by atoms with E-state index in [4.69, 9.17) is 5.11 Å². The first kappa shape index (κ1) is 17.5. The number of carbonyl (C=O) groups excluding carboxylic acids is 1. The Morgan fingerprint density at radius 3 is 2.69 bits per heavy atom. The van der Waals surface area contributed by atoms with Crippen molar-refractivity contribution in [3.8, 4) is 0 Å². The second-order valence-corrected chi connectivity index (χ2v) is 7.97. The number of rotatable bonds is 3. The Bertz CT molecular complexity index is 731. The van der Waals surface area contributed by atoms with Crippen molar-refractivity contribution in [1.82, 2.24) is 14.7 Å². The van der Waals surface area contributed by atoms with Crippen molar-refractivity contribution in [1.29, 1.82) is 0 Å². The lowest BCUT2D eigenvalue weighted by atomic mass is 9.83. The topological polar surface area (TPSA) is 84.3 Å². The molecular formula is C19H25N3O4. The van der Waals surface area contributed by atoms with E-state index in [1.807, 2.05) is 11.0 Å². The smallest absolute Gasteiger partial charge is 0.335 e. The van der Waals surface area contributed by atoms with Crippen molar-refractivity contribution in [2.75, 3.05) is 32.7 Å². The van der Waals surface area contributed by atoms with Crippen LogP contribution in [0, 0.1) is 0 Å². The van der Waals surface area contributed by atoms with E-state index in [1.54, 1.807) is 25.1 Å². The molecule has 26 heavy (non-hydrogen) atoms. The number of benzene rings is 1. The van der Waals surface area contributed by atoms with Crippen LogP contribution < -0.4 is 0 Å². The maximum absolute atomic E-state index is 11.9. The van der Waals surface area contributed by atoms with Gasteiger partial charge >= 0.3 is 5.97 Å². The third kappa shape index (κ3) is 3.00. The molecule has 2 N–H and O–H groups in total. The summed E-state index contributed by atoms with van der Waals surface area (Å²) in [6.45, 7) is 6.06. The van der Waals surface area contributed by atoms with Crippen LogP contribution in [0.4, 0.5) is 0 Å². The average molecular weight is 359 g/mol. The fraction of sp³-hybridized carbons (Fsp3) is 0.579. The Hall–Kier alpha value is -1.96. The van der Waals surface area contributed by atoms with Crippen LogP contribution in [0.5, 0.6) is 0 Å². The number of fused-ring (bicyclic) bond motifs is 2. The van der Waals surface area contributed by atoms with Gasteiger partial charge in [0.15, 0.2) is 0 Å². The lowest BCUT2D eigenvalue weighted by Gasteiger charge is -2.61. The van der Waals surface area contributed by atoms with Crippen LogP contribution in [-0.4, -0.2) is 87.2 Å². The van der Waals surface area contributed by atoms with Gasteiger partial charge in [-0.05, 0) is 24.1 Å². The number of β-amino-alcohol motifs (C(OH)–C–C–N with tert-alkyl or cyclic N) is 1. The first-order chi connectivity index (χ1) is 12.4. The summed E-state index contributed by atoms with van der Waals surface area (Å²) in [5, 5.41) is 19.2. The van der Waals surface area contributed by atoms with E-state index >= 15 is 0 Å². The fourth-order valence-corrected chi connectivity index (χ4v) is 4.89. The van der Waals surface area contributed by atoms with E-state index in [0.717, 1.165) is 25.1 Å². The lowest BCUT2D eigenvalue weighted by Crippen LogP contribution is -2.78. The Labute approximate surface area is 152 Å². The summed E-state index contributed by atoms with van der Waals surface area (Å²) >= 11 is 0. The van der Waals surface area contributed by atoms with Crippen molar-refractivity contribution in [2.45, 2.75) is 37.6 Å². The second kappa shape index (κ2) is 6.33. The molecule has 1 aromatic rings. The zero-order chi connectivity index (χ0) is 18.5. The highest BCUT2D eigenvalue weighted by molar-refractivity contribution is 5.87. The normalized spacial score (nSPS) is 28.0. The highest BCUT2D eigenvalue weighted by Crippen LogP contribution is 2.39. The minimum atomic E-state index is -0.912. The maximum Gasteiger partial charge on any atom is 0.335 e. The Balaban J connectivity index is 1.46. The van der Waals surface area contributed by atoms with Crippen molar-refractivity contribution in [3.05, 3.63) is 35.4 Å². The van der Waals surface area contributed by atoms with E-state index in [9.17, 15) is 14.7 Å². The number of piperazine rings is 1. The van der Waals surface area contributed by atoms with Gasteiger partial charge in [0, 0.05) is 52.2 Å². The number of carboxylic acids is 1. The minimum absolute atomic E-state index is 0.0868. The number of hydrogen-bond acceptors (Lipinski definition) is 5. The number of aliphatic hydroxyl groups is 1. The summed E-state index contributed by atoms with van der Waals surface area (Å²) in [5.41, 5.74) is 1.20. The summed E-state index contributed by atoms with van der Waals surface area (Å²) in [4.78, 5) is 29.7. The Morgan fingerprint density at radius 2 is 2.00 bits per heavy atom. The average Bonchev–Trinajstić information content (AvgIpc) is 2.94. The van der Waals surface area contributed by atoms with Crippen LogP contribution in [0.2, 0.25) is 0 Å². The molecule has 7 nitrogen and oxygen atoms in total. The SMILES string of the molecule is CC(=O)N1C[C@H]2C[C@@H](O)CN2C2(CN(Cc3cccc(C(=O)O)c3)C2)C1. The molecule has 1 spiro atoms. The number of carbonyl (C=O) groups is 2. The maximum atomic E-state index is 11.9. The molecular weight excluding hydrogens is 334 g/mol. The molecule has 140 valence electrons. The number of likely N-dealkylation sites (tertiary alicyclic amines) is 1. The van der Waals surface area contributed by atoms with Crippen LogP contribution in [0.25, 0.3) is 0 Å². The molecule has 3 heterocycles. The number of amides is 1. The van der Waals surface area contributed by atoms with E-state index in [0.29, 0.717) is 31.7 Å². The van der Waals surface area contributed by atoms with Crippen LogP contribution in [0.1, 0.15) is 29.3 Å². The first-order valence-electron chi connectivity index (χ1n) is 9.11. The molecule has 7 heteroatoms. The molecule has 0 radical (unpaired) electrons. The van der Waals surface area contributed by atoms with Crippen molar-refractivity contribution in [3.63, 3.8) is 0 Å². The molecule has 0 unspecified atom stereocenters. The number of nitrogens with zero attached hydrogens (tertiary/aromatic N) is 3. The van der Waals surface area contributed by atoms with Gasteiger partial charge in [0.2, 0.25) is 5.91 Å². The number of hydrogen-bond donors (Lipinski definition) is 2. The summed E-state index contributed by atoms with van der Waals surface area (Å²) in [7, 11) is 0. The largest absolute Gasteiger partial charge is 0.478 e. The molecule has 3 aliphatic rings. The van der Waals surface area contributed by atoms with Gasteiger partial charge in [0.05, 0.1) is 17.2 Å². The summed E-state index contributed by atoms with van der Waals surface area (Å²) in [6, 6.07) is 7.28. The summed E-state index contributed by atoms with van der Waals surface area (Å²) < 4.78 is 0. The van der Waals surface area contributed by atoms with Gasteiger partial charge in [0.1, 0.15) is 0 Å². The van der Waals surface area contributed by atoms with Gasteiger partial charge < -0.3 is 15.1 Å². The van der Waals surface area contributed by atoms with Gasteiger partial charge in [-0.3, -0.25) is 14.6 Å².